The quantitative estimate of drug-likeness (QED) is 0.758. The van der Waals surface area contributed by atoms with Gasteiger partial charge in [0, 0.05) is 11.7 Å². The molecule has 2 aromatic rings. The van der Waals surface area contributed by atoms with E-state index >= 15 is 0 Å². The lowest BCUT2D eigenvalue weighted by Crippen LogP contribution is -2.21. The van der Waals surface area contributed by atoms with Crippen molar-refractivity contribution >= 4 is 11.6 Å². The standard InChI is InChI=1S/C21H28N2O3/c1-5-25-20-12-17(11-16(4)22)7-9-19(20)26-13-21(24)23-18-8-6-14(2)10-15(18)3/h6-10,12,16H,5,11,13,22H2,1-4H3,(H,23,24). The Morgan fingerprint density at radius 1 is 1.12 bits per heavy atom. The molecule has 0 aliphatic rings. The molecule has 0 bridgehead atoms. The molecule has 0 aliphatic carbocycles. The second-order valence-electron chi connectivity index (χ2n) is 6.55. The SMILES string of the molecule is CCOc1cc(CC(C)N)ccc1OCC(=O)Nc1ccc(C)cc1C. The predicted octanol–water partition coefficient (Wildman–Crippen LogP) is 3.61. The molecule has 140 valence electrons. The van der Waals surface area contributed by atoms with E-state index in [4.69, 9.17) is 15.2 Å². The Morgan fingerprint density at radius 2 is 1.88 bits per heavy atom. The van der Waals surface area contributed by atoms with Crippen molar-refractivity contribution in [1.82, 2.24) is 0 Å². The summed E-state index contributed by atoms with van der Waals surface area (Å²) in [7, 11) is 0. The van der Waals surface area contributed by atoms with Crippen LogP contribution in [0.25, 0.3) is 0 Å². The molecule has 2 aromatic carbocycles. The fraction of sp³-hybridized carbons (Fsp3) is 0.381. The van der Waals surface area contributed by atoms with E-state index in [0.29, 0.717) is 18.1 Å². The van der Waals surface area contributed by atoms with Crippen LogP contribution in [0.15, 0.2) is 36.4 Å². The first-order chi connectivity index (χ1) is 12.4. The van der Waals surface area contributed by atoms with Crippen molar-refractivity contribution in [3.8, 4) is 11.5 Å². The first-order valence-corrected chi connectivity index (χ1v) is 8.90. The van der Waals surface area contributed by atoms with Crippen molar-refractivity contribution in [3.63, 3.8) is 0 Å². The smallest absolute Gasteiger partial charge is 0.262 e. The second-order valence-corrected chi connectivity index (χ2v) is 6.55. The molecule has 1 amide bonds. The highest BCUT2D eigenvalue weighted by Crippen LogP contribution is 2.29. The molecule has 0 aromatic heterocycles. The normalized spacial score (nSPS) is 11.7. The van der Waals surface area contributed by atoms with Crippen molar-refractivity contribution in [3.05, 3.63) is 53.1 Å². The van der Waals surface area contributed by atoms with Gasteiger partial charge in [0.25, 0.3) is 5.91 Å². The third-order valence-electron chi connectivity index (χ3n) is 3.88. The van der Waals surface area contributed by atoms with E-state index in [1.165, 1.54) is 0 Å². The topological polar surface area (TPSA) is 73.6 Å². The molecule has 1 unspecified atom stereocenters. The van der Waals surface area contributed by atoms with Crippen molar-refractivity contribution in [1.29, 1.82) is 0 Å². The molecule has 0 heterocycles. The van der Waals surface area contributed by atoms with Crippen LogP contribution in [0.5, 0.6) is 11.5 Å². The number of benzene rings is 2. The van der Waals surface area contributed by atoms with Crippen LogP contribution in [0.1, 0.15) is 30.5 Å². The summed E-state index contributed by atoms with van der Waals surface area (Å²) in [5, 5.41) is 2.88. The Bertz CT molecular complexity index is 757. The molecule has 3 N–H and O–H groups in total. The molecule has 0 saturated heterocycles. The average molecular weight is 356 g/mol. The summed E-state index contributed by atoms with van der Waals surface area (Å²) in [4.78, 5) is 12.2. The summed E-state index contributed by atoms with van der Waals surface area (Å²) in [6.45, 7) is 8.30. The maximum absolute atomic E-state index is 12.2. The maximum Gasteiger partial charge on any atom is 0.262 e. The summed E-state index contributed by atoms with van der Waals surface area (Å²) in [5.74, 6) is 0.972. The number of aryl methyl sites for hydroxylation is 2. The van der Waals surface area contributed by atoms with Gasteiger partial charge in [-0.1, -0.05) is 23.8 Å². The number of hydrogen-bond donors (Lipinski definition) is 2. The number of amides is 1. The number of carbonyl (C=O) groups is 1. The number of nitrogens with one attached hydrogen (secondary N) is 1. The van der Waals surface area contributed by atoms with Crippen molar-refractivity contribution in [2.45, 2.75) is 40.2 Å². The first kappa shape index (κ1) is 19.8. The van der Waals surface area contributed by atoms with Gasteiger partial charge in [-0.05, 0) is 63.4 Å². The van der Waals surface area contributed by atoms with E-state index in [0.717, 1.165) is 28.8 Å². The van der Waals surface area contributed by atoms with Gasteiger partial charge in [-0.15, -0.1) is 0 Å². The van der Waals surface area contributed by atoms with Crippen LogP contribution in [0.2, 0.25) is 0 Å². The highest BCUT2D eigenvalue weighted by Gasteiger charge is 2.11. The number of hydrogen-bond acceptors (Lipinski definition) is 4. The molecule has 0 radical (unpaired) electrons. The maximum atomic E-state index is 12.2. The highest BCUT2D eigenvalue weighted by molar-refractivity contribution is 5.92. The van der Waals surface area contributed by atoms with Gasteiger partial charge in [-0.2, -0.15) is 0 Å². The summed E-state index contributed by atoms with van der Waals surface area (Å²) in [6.07, 6.45) is 0.757. The van der Waals surface area contributed by atoms with E-state index in [2.05, 4.69) is 5.32 Å². The lowest BCUT2D eigenvalue weighted by atomic mass is 10.1. The van der Waals surface area contributed by atoms with Crippen LogP contribution in [0, 0.1) is 13.8 Å². The molecule has 0 aliphatic heterocycles. The second kappa shape index (κ2) is 9.25. The Morgan fingerprint density at radius 3 is 2.54 bits per heavy atom. The summed E-state index contributed by atoms with van der Waals surface area (Å²) >= 11 is 0. The summed E-state index contributed by atoms with van der Waals surface area (Å²) in [5.41, 5.74) is 9.91. The van der Waals surface area contributed by atoms with Crippen LogP contribution in [0.4, 0.5) is 5.69 Å². The molecule has 2 rings (SSSR count). The van der Waals surface area contributed by atoms with Gasteiger partial charge < -0.3 is 20.5 Å². The molecule has 0 fully saturated rings. The van der Waals surface area contributed by atoms with Crippen LogP contribution >= 0.6 is 0 Å². The van der Waals surface area contributed by atoms with Gasteiger partial charge in [0.15, 0.2) is 18.1 Å². The molecule has 0 spiro atoms. The largest absolute Gasteiger partial charge is 0.490 e. The predicted molar refractivity (Wildman–Crippen MR) is 105 cm³/mol. The molecule has 5 heteroatoms. The van der Waals surface area contributed by atoms with E-state index in [-0.39, 0.29) is 18.6 Å². The number of ether oxygens (including phenoxy) is 2. The van der Waals surface area contributed by atoms with E-state index < -0.39 is 0 Å². The van der Waals surface area contributed by atoms with Crippen LogP contribution in [-0.2, 0) is 11.2 Å². The molecule has 0 saturated carbocycles. The summed E-state index contributed by atoms with van der Waals surface area (Å²) < 4.78 is 11.3. The molecular weight excluding hydrogens is 328 g/mol. The fourth-order valence-electron chi connectivity index (χ4n) is 2.72. The molecule has 5 nitrogen and oxygen atoms in total. The number of carbonyl (C=O) groups excluding carboxylic acids is 1. The molecule has 26 heavy (non-hydrogen) atoms. The minimum Gasteiger partial charge on any atom is -0.490 e. The van der Waals surface area contributed by atoms with E-state index in [9.17, 15) is 4.79 Å². The van der Waals surface area contributed by atoms with Gasteiger partial charge in [0.05, 0.1) is 6.61 Å². The Balaban J connectivity index is 2.02. The lowest BCUT2D eigenvalue weighted by Gasteiger charge is -2.14. The lowest BCUT2D eigenvalue weighted by molar-refractivity contribution is -0.118. The number of anilines is 1. The minimum atomic E-state index is -0.209. The average Bonchev–Trinajstić information content (AvgIpc) is 2.56. The zero-order valence-electron chi connectivity index (χ0n) is 16.0. The molecular formula is C21H28N2O3. The Labute approximate surface area is 155 Å². The monoisotopic (exact) mass is 356 g/mol. The highest BCUT2D eigenvalue weighted by atomic mass is 16.5. The van der Waals surface area contributed by atoms with Crippen LogP contribution in [0.3, 0.4) is 0 Å². The zero-order chi connectivity index (χ0) is 19.1. The number of rotatable bonds is 8. The van der Waals surface area contributed by atoms with Crippen molar-refractivity contribution < 1.29 is 14.3 Å². The Kier molecular flexibility index (Phi) is 7.04. The van der Waals surface area contributed by atoms with Gasteiger partial charge in [-0.3, -0.25) is 4.79 Å². The van der Waals surface area contributed by atoms with Crippen molar-refractivity contribution in [2.24, 2.45) is 5.73 Å². The zero-order valence-corrected chi connectivity index (χ0v) is 16.0. The van der Waals surface area contributed by atoms with Crippen LogP contribution in [-0.4, -0.2) is 25.2 Å². The molecule has 1 atom stereocenters. The fourth-order valence-corrected chi connectivity index (χ4v) is 2.72. The third kappa shape index (κ3) is 5.77. The number of nitrogens with two attached hydrogens (primary N) is 1. The third-order valence-corrected chi connectivity index (χ3v) is 3.88. The Hall–Kier alpha value is -2.53. The van der Waals surface area contributed by atoms with Gasteiger partial charge >= 0.3 is 0 Å². The van der Waals surface area contributed by atoms with E-state index in [1.807, 2.05) is 64.1 Å². The van der Waals surface area contributed by atoms with Gasteiger partial charge in [-0.25, -0.2) is 0 Å². The van der Waals surface area contributed by atoms with Crippen molar-refractivity contribution in [2.75, 3.05) is 18.5 Å². The van der Waals surface area contributed by atoms with Gasteiger partial charge in [0.2, 0.25) is 0 Å². The van der Waals surface area contributed by atoms with E-state index in [1.54, 1.807) is 0 Å². The van der Waals surface area contributed by atoms with Gasteiger partial charge in [0.1, 0.15) is 0 Å². The summed E-state index contributed by atoms with van der Waals surface area (Å²) in [6, 6.07) is 11.7. The van der Waals surface area contributed by atoms with Crippen LogP contribution < -0.4 is 20.5 Å². The minimum absolute atomic E-state index is 0.0692. The first-order valence-electron chi connectivity index (χ1n) is 8.90.